The van der Waals surface area contributed by atoms with Gasteiger partial charge in [-0.05, 0) is 36.4 Å². The first kappa shape index (κ1) is 15.9. The van der Waals surface area contributed by atoms with E-state index in [0.717, 1.165) is 0 Å². The molecule has 0 saturated heterocycles. The number of carbonyl (C=O) groups is 2. The van der Waals surface area contributed by atoms with Crippen LogP contribution < -0.4 is 5.32 Å². The molecule has 1 N–H and O–H groups in total. The van der Waals surface area contributed by atoms with E-state index in [9.17, 15) is 9.59 Å². The van der Waals surface area contributed by atoms with E-state index in [1.54, 1.807) is 54.3 Å². The van der Waals surface area contributed by atoms with Crippen molar-refractivity contribution in [2.24, 2.45) is 7.05 Å². The number of nitrogens with zero attached hydrogens (tertiary/aromatic N) is 3. The van der Waals surface area contributed by atoms with Crippen LogP contribution in [-0.2, 0) is 7.05 Å². The predicted molar refractivity (Wildman–Crippen MR) is 90.3 cm³/mol. The minimum absolute atomic E-state index is 0.179. The van der Waals surface area contributed by atoms with Crippen LogP contribution in [0.4, 0.5) is 5.69 Å². The van der Waals surface area contributed by atoms with Crippen LogP contribution >= 0.6 is 11.6 Å². The fourth-order valence-electron chi connectivity index (χ4n) is 2.17. The highest BCUT2D eigenvalue weighted by atomic mass is 35.5. The molecule has 0 aliphatic heterocycles. The van der Waals surface area contributed by atoms with Gasteiger partial charge in [-0.15, -0.1) is 0 Å². The standard InChI is InChI=1S/C17H13ClN4O2/c1-22-9-8-20-16(22)15(23)11-2-4-13(5-3-11)21-17(24)12-6-7-19-14(18)10-12/h2-10H,1H3,(H,21,24). The molecule has 0 saturated carbocycles. The summed E-state index contributed by atoms with van der Waals surface area (Å²) in [5.74, 6) is -0.123. The molecule has 2 aromatic heterocycles. The predicted octanol–water partition coefficient (Wildman–Crippen LogP) is 2.95. The Bertz CT molecular complexity index is 903. The van der Waals surface area contributed by atoms with Gasteiger partial charge < -0.3 is 9.88 Å². The fraction of sp³-hybridized carbons (Fsp3) is 0.0588. The molecule has 0 spiro atoms. The van der Waals surface area contributed by atoms with Crippen LogP contribution in [0.3, 0.4) is 0 Å². The number of pyridine rings is 1. The van der Waals surface area contributed by atoms with E-state index in [1.165, 1.54) is 12.3 Å². The summed E-state index contributed by atoms with van der Waals surface area (Å²) in [5, 5.41) is 2.99. The first-order valence-corrected chi connectivity index (χ1v) is 7.47. The van der Waals surface area contributed by atoms with Gasteiger partial charge in [0.05, 0.1) is 0 Å². The number of nitrogens with one attached hydrogen (secondary N) is 1. The molecule has 120 valence electrons. The Labute approximate surface area is 143 Å². The lowest BCUT2D eigenvalue weighted by Gasteiger charge is -2.06. The lowest BCUT2D eigenvalue weighted by molar-refractivity contribution is 0.102. The average Bonchev–Trinajstić information content (AvgIpc) is 3.01. The number of anilines is 1. The molecule has 2 heterocycles. The summed E-state index contributed by atoms with van der Waals surface area (Å²) in [6.45, 7) is 0. The highest BCUT2D eigenvalue weighted by Gasteiger charge is 2.14. The number of imidazole rings is 1. The number of benzene rings is 1. The van der Waals surface area contributed by atoms with Gasteiger partial charge in [-0.2, -0.15) is 0 Å². The van der Waals surface area contributed by atoms with Gasteiger partial charge in [0.2, 0.25) is 5.78 Å². The number of ketones is 1. The second-order valence-electron chi connectivity index (χ2n) is 5.09. The van der Waals surface area contributed by atoms with Crippen LogP contribution in [-0.4, -0.2) is 26.2 Å². The minimum Gasteiger partial charge on any atom is -0.331 e. The number of aromatic nitrogens is 3. The molecule has 6 nitrogen and oxygen atoms in total. The molecule has 3 aromatic rings. The number of amides is 1. The molecule has 24 heavy (non-hydrogen) atoms. The Morgan fingerprint density at radius 2 is 1.79 bits per heavy atom. The van der Waals surface area contributed by atoms with Crippen molar-refractivity contribution < 1.29 is 9.59 Å². The number of hydrogen-bond acceptors (Lipinski definition) is 4. The Kier molecular flexibility index (Phi) is 4.39. The van der Waals surface area contributed by atoms with Gasteiger partial charge in [0, 0.05) is 42.5 Å². The first-order chi connectivity index (χ1) is 11.5. The van der Waals surface area contributed by atoms with E-state index in [0.29, 0.717) is 22.6 Å². The highest BCUT2D eigenvalue weighted by Crippen LogP contribution is 2.15. The van der Waals surface area contributed by atoms with Crippen LogP contribution in [0.1, 0.15) is 26.5 Å². The summed E-state index contributed by atoms with van der Waals surface area (Å²) in [5.41, 5.74) is 1.47. The van der Waals surface area contributed by atoms with E-state index in [4.69, 9.17) is 11.6 Å². The number of hydrogen-bond donors (Lipinski definition) is 1. The van der Waals surface area contributed by atoms with Crippen LogP contribution in [0.15, 0.2) is 55.0 Å². The third-order valence-corrected chi connectivity index (χ3v) is 3.62. The second-order valence-corrected chi connectivity index (χ2v) is 5.48. The van der Waals surface area contributed by atoms with Gasteiger partial charge in [0.1, 0.15) is 5.15 Å². The summed E-state index contributed by atoms with van der Waals surface area (Å²) in [6.07, 6.45) is 4.75. The van der Waals surface area contributed by atoms with Crippen molar-refractivity contribution in [1.29, 1.82) is 0 Å². The van der Waals surface area contributed by atoms with Crippen molar-refractivity contribution >= 4 is 29.0 Å². The molecule has 0 fully saturated rings. The Balaban J connectivity index is 1.74. The molecule has 0 unspecified atom stereocenters. The van der Waals surface area contributed by atoms with Crippen molar-refractivity contribution in [3.8, 4) is 0 Å². The molecule has 0 bridgehead atoms. The van der Waals surface area contributed by atoms with Gasteiger partial charge in [0.15, 0.2) is 5.82 Å². The third kappa shape index (κ3) is 3.33. The average molecular weight is 341 g/mol. The number of carbonyl (C=O) groups excluding carboxylic acids is 2. The van der Waals surface area contributed by atoms with Crippen LogP contribution in [0, 0.1) is 0 Å². The smallest absolute Gasteiger partial charge is 0.255 e. The van der Waals surface area contributed by atoms with Gasteiger partial charge in [-0.25, -0.2) is 9.97 Å². The van der Waals surface area contributed by atoms with Crippen LogP contribution in [0.25, 0.3) is 0 Å². The SMILES string of the molecule is Cn1ccnc1C(=O)c1ccc(NC(=O)c2ccnc(Cl)c2)cc1. The van der Waals surface area contributed by atoms with E-state index in [-0.39, 0.29) is 16.8 Å². The van der Waals surface area contributed by atoms with Crippen molar-refractivity contribution in [1.82, 2.24) is 14.5 Å². The van der Waals surface area contributed by atoms with Crippen molar-refractivity contribution in [3.63, 3.8) is 0 Å². The largest absolute Gasteiger partial charge is 0.331 e. The van der Waals surface area contributed by atoms with E-state index >= 15 is 0 Å². The van der Waals surface area contributed by atoms with Gasteiger partial charge >= 0.3 is 0 Å². The zero-order valence-corrected chi connectivity index (χ0v) is 13.5. The molecule has 3 rings (SSSR count). The molecule has 0 radical (unpaired) electrons. The summed E-state index contributed by atoms with van der Waals surface area (Å²) in [6, 6.07) is 9.67. The van der Waals surface area contributed by atoms with E-state index in [1.807, 2.05) is 0 Å². The molecule has 0 atom stereocenters. The van der Waals surface area contributed by atoms with E-state index < -0.39 is 0 Å². The maximum Gasteiger partial charge on any atom is 0.255 e. The van der Waals surface area contributed by atoms with Gasteiger partial charge in [-0.3, -0.25) is 9.59 Å². The first-order valence-electron chi connectivity index (χ1n) is 7.09. The van der Waals surface area contributed by atoms with Gasteiger partial charge in [-0.1, -0.05) is 11.6 Å². The number of halogens is 1. The minimum atomic E-state index is -0.303. The Morgan fingerprint density at radius 3 is 2.42 bits per heavy atom. The Morgan fingerprint density at radius 1 is 1.04 bits per heavy atom. The molecule has 0 aliphatic rings. The lowest BCUT2D eigenvalue weighted by Crippen LogP contribution is -2.12. The zero-order valence-electron chi connectivity index (χ0n) is 12.7. The van der Waals surface area contributed by atoms with Gasteiger partial charge in [0.25, 0.3) is 5.91 Å². The zero-order chi connectivity index (χ0) is 17.1. The van der Waals surface area contributed by atoms with Crippen molar-refractivity contribution in [3.05, 3.63) is 77.1 Å². The summed E-state index contributed by atoms with van der Waals surface area (Å²) < 4.78 is 1.66. The maximum atomic E-state index is 12.3. The van der Waals surface area contributed by atoms with Crippen molar-refractivity contribution in [2.45, 2.75) is 0 Å². The Hall–Kier alpha value is -2.99. The third-order valence-electron chi connectivity index (χ3n) is 3.42. The summed E-state index contributed by atoms with van der Waals surface area (Å²) in [4.78, 5) is 32.3. The van der Waals surface area contributed by atoms with Crippen LogP contribution in [0.2, 0.25) is 5.15 Å². The van der Waals surface area contributed by atoms with Crippen molar-refractivity contribution in [2.75, 3.05) is 5.32 Å². The molecular weight excluding hydrogens is 328 g/mol. The van der Waals surface area contributed by atoms with Crippen LogP contribution in [0.5, 0.6) is 0 Å². The molecule has 7 heteroatoms. The molecule has 1 aromatic carbocycles. The number of rotatable bonds is 4. The normalized spacial score (nSPS) is 10.4. The monoisotopic (exact) mass is 340 g/mol. The lowest BCUT2D eigenvalue weighted by atomic mass is 10.1. The summed E-state index contributed by atoms with van der Waals surface area (Å²) in [7, 11) is 1.76. The molecular formula is C17H13ClN4O2. The van der Waals surface area contributed by atoms with E-state index in [2.05, 4.69) is 15.3 Å². The number of aryl methyl sites for hydroxylation is 1. The quantitative estimate of drug-likeness (QED) is 0.585. The summed E-state index contributed by atoms with van der Waals surface area (Å²) >= 11 is 5.77. The second kappa shape index (κ2) is 6.64. The fourth-order valence-corrected chi connectivity index (χ4v) is 2.34. The molecule has 0 aliphatic carbocycles. The molecule has 1 amide bonds. The highest BCUT2D eigenvalue weighted by molar-refractivity contribution is 6.29. The topological polar surface area (TPSA) is 76.9 Å². The maximum absolute atomic E-state index is 12.3.